The third kappa shape index (κ3) is 4.44. The zero-order chi connectivity index (χ0) is 13.7. The van der Waals surface area contributed by atoms with Gasteiger partial charge in [0.05, 0.1) is 6.10 Å². The molecule has 1 atom stereocenters. The number of hydrogen-bond donors (Lipinski definition) is 2. The average Bonchev–Trinajstić information content (AvgIpc) is 2.89. The molecular weight excluding hydrogens is 252 g/mol. The minimum Gasteiger partial charge on any atom is -0.435 e. The van der Waals surface area contributed by atoms with Crippen molar-refractivity contribution >= 4 is 0 Å². The second-order valence-electron chi connectivity index (χ2n) is 4.85. The molecule has 0 spiro atoms. The highest BCUT2D eigenvalue weighted by atomic mass is 19.3. The quantitative estimate of drug-likeness (QED) is 0.836. The van der Waals surface area contributed by atoms with Crippen LogP contribution < -0.4 is 10.1 Å². The Morgan fingerprint density at radius 1 is 1.21 bits per heavy atom. The van der Waals surface area contributed by atoms with Gasteiger partial charge in [0.2, 0.25) is 0 Å². The van der Waals surface area contributed by atoms with E-state index >= 15 is 0 Å². The van der Waals surface area contributed by atoms with E-state index in [1.807, 2.05) is 0 Å². The smallest absolute Gasteiger partial charge is 0.387 e. The van der Waals surface area contributed by atoms with Crippen LogP contribution in [0.1, 0.15) is 37.4 Å². The molecule has 19 heavy (non-hydrogen) atoms. The van der Waals surface area contributed by atoms with Gasteiger partial charge < -0.3 is 15.2 Å². The number of aliphatic hydroxyl groups excluding tert-OH is 1. The number of ether oxygens (including phenoxy) is 1. The van der Waals surface area contributed by atoms with Crippen LogP contribution in [-0.4, -0.2) is 24.3 Å². The summed E-state index contributed by atoms with van der Waals surface area (Å²) in [6.07, 6.45) is 4.18. The predicted octanol–water partition coefficient (Wildman–Crippen LogP) is 2.85. The molecule has 5 heteroatoms. The van der Waals surface area contributed by atoms with Crippen LogP contribution in [-0.2, 0) is 0 Å². The lowest BCUT2D eigenvalue weighted by atomic mass is 10.1. The fraction of sp³-hybridized carbons (Fsp3) is 0.571. The van der Waals surface area contributed by atoms with Gasteiger partial charge in [0.25, 0.3) is 0 Å². The summed E-state index contributed by atoms with van der Waals surface area (Å²) in [5.41, 5.74) is 0.701. The molecule has 0 amide bonds. The second kappa shape index (κ2) is 6.82. The molecule has 0 aliphatic heterocycles. The minimum absolute atomic E-state index is 0.106. The number of nitrogens with one attached hydrogen (secondary N) is 1. The Hall–Kier alpha value is -1.20. The molecule has 106 valence electrons. The Labute approximate surface area is 111 Å². The maximum Gasteiger partial charge on any atom is 0.387 e. The molecule has 0 saturated heterocycles. The van der Waals surface area contributed by atoms with E-state index in [9.17, 15) is 13.9 Å². The van der Waals surface area contributed by atoms with Crippen molar-refractivity contribution in [2.24, 2.45) is 0 Å². The van der Waals surface area contributed by atoms with Crippen LogP contribution in [0.3, 0.4) is 0 Å². The van der Waals surface area contributed by atoms with E-state index in [-0.39, 0.29) is 5.75 Å². The third-order valence-corrected chi connectivity index (χ3v) is 3.45. The number of aliphatic hydroxyl groups is 1. The lowest BCUT2D eigenvalue weighted by Crippen LogP contribution is -2.30. The summed E-state index contributed by atoms with van der Waals surface area (Å²) in [7, 11) is 0. The summed E-state index contributed by atoms with van der Waals surface area (Å²) in [5.74, 6) is 0.106. The van der Waals surface area contributed by atoms with Crippen LogP contribution in [0.5, 0.6) is 5.75 Å². The van der Waals surface area contributed by atoms with Gasteiger partial charge >= 0.3 is 6.61 Å². The summed E-state index contributed by atoms with van der Waals surface area (Å²) >= 11 is 0. The number of halogens is 2. The largest absolute Gasteiger partial charge is 0.435 e. The zero-order valence-corrected chi connectivity index (χ0v) is 10.7. The minimum atomic E-state index is -2.82. The second-order valence-corrected chi connectivity index (χ2v) is 4.85. The highest BCUT2D eigenvalue weighted by molar-refractivity contribution is 5.28. The van der Waals surface area contributed by atoms with Gasteiger partial charge in [-0.05, 0) is 30.5 Å². The topological polar surface area (TPSA) is 41.5 Å². The zero-order valence-electron chi connectivity index (χ0n) is 10.7. The first-order chi connectivity index (χ1) is 9.15. The van der Waals surface area contributed by atoms with E-state index < -0.39 is 12.7 Å². The van der Waals surface area contributed by atoms with Crippen LogP contribution in [0.2, 0.25) is 0 Å². The molecular formula is C14H19F2NO2. The summed E-state index contributed by atoms with van der Waals surface area (Å²) in [5, 5.41) is 13.3. The van der Waals surface area contributed by atoms with Crippen molar-refractivity contribution in [3.63, 3.8) is 0 Å². The molecule has 1 aliphatic rings. The molecule has 0 radical (unpaired) electrons. The first-order valence-corrected chi connectivity index (χ1v) is 6.61. The lowest BCUT2D eigenvalue weighted by Gasteiger charge is -2.16. The lowest BCUT2D eigenvalue weighted by molar-refractivity contribution is -0.0498. The molecule has 3 nitrogen and oxygen atoms in total. The third-order valence-electron chi connectivity index (χ3n) is 3.45. The van der Waals surface area contributed by atoms with Crippen molar-refractivity contribution in [3.05, 3.63) is 29.8 Å². The Balaban J connectivity index is 1.82. The Kier molecular flexibility index (Phi) is 5.10. The molecule has 1 aromatic rings. The number of benzene rings is 1. The van der Waals surface area contributed by atoms with Gasteiger partial charge in [-0.25, -0.2) is 0 Å². The van der Waals surface area contributed by atoms with Gasteiger partial charge in [0.15, 0.2) is 0 Å². The molecule has 1 aromatic carbocycles. The number of rotatable bonds is 6. The fourth-order valence-corrected chi connectivity index (χ4v) is 2.40. The van der Waals surface area contributed by atoms with Gasteiger partial charge in [0.1, 0.15) is 5.75 Å². The molecule has 1 aliphatic carbocycles. The number of alkyl halides is 2. The summed E-state index contributed by atoms with van der Waals surface area (Å²) < 4.78 is 28.2. The van der Waals surface area contributed by atoms with Crippen LogP contribution in [0.15, 0.2) is 24.3 Å². The highest BCUT2D eigenvalue weighted by Gasteiger charge is 2.16. The monoisotopic (exact) mass is 271 g/mol. The Bertz CT molecular complexity index is 378. The maximum atomic E-state index is 12.0. The van der Waals surface area contributed by atoms with Gasteiger partial charge in [-0.2, -0.15) is 8.78 Å². The van der Waals surface area contributed by atoms with Crippen LogP contribution in [0.4, 0.5) is 8.78 Å². The summed E-state index contributed by atoms with van der Waals surface area (Å²) in [6.45, 7) is -2.33. The molecule has 0 aromatic heterocycles. The van der Waals surface area contributed by atoms with Crippen molar-refractivity contribution in [1.29, 1.82) is 0 Å². The average molecular weight is 271 g/mol. The van der Waals surface area contributed by atoms with E-state index in [1.165, 1.54) is 25.0 Å². The first-order valence-electron chi connectivity index (χ1n) is 6.61. The highest BCUT2D eigenvalue weighted by Crippen LogP contribution is 2.21. The van der Waals surface area contributed by atoms with Gasteiger partial charge in [-0.3, -0.25) is 0 Å². The first kappa shape index (κ1) is 14.2. The Morgan fingerprint density at radius 3 is 2.42 bits per heavy atom. The molecule has 0 heterocycles. The summed E-state index contributed by atoms with van der Waals surface area (Å²) in [6, 6.07) is 6.61. The molecule has 1 unspecified atom stereocenters. The molecule has 2 N–H and O–H groups in total. The van der Waals surface area contributed by atoms with Crippen molar-refractivity contribution < 1.29 is 18.6 Å². The van der Waals surface area contributed by atoms with Gasteiger partial charge in [-0.15, -0.1) is 0 Å². The standard InChI is InChI=1S/C14H19F2NO2/c15-14(16)19-12-7-5-10(6-8-12)13(18)9-17-11-3-1-2-4-11/h5-8,11,13-14,17-18H,1-4,9H2. The SMILES string of the molecule is OC(CNC1CCCC1)c1ccc(OC(F)F)cc1. The van der Waals surface area contributed by atoms with E-state index in [4.69, 9.17) is 0 Å². The van der Waals surface area contributed by atoms with Crippen LogP contribution in [0, 0.1) is 0 Å². The van der Waals surface area contributed by atoms with E-state index in [1.54, 1.807) is 12.1 Å². The molecule has 1 fully saturated rings. The maximum absolute atomic E-state index is 12.0. The normalized spacial score (nSPS) is 17.9. The molecule has 0 bridgehead atoms. The predicted molar refractivity (Wildman–Crippen MR) is 68.3 cm³/mol. The Morgan fingerprint density at radius 2 is 1.84 bits per heavy atom. The van der Waals surface area contributed by atoms with Crippen LogP contribution >= 0.6 is 0 Å². The van der Waals surface area contributed by atoms with E-state index in [0.717, 1.165) is 12.8 Å². The van der Waals surface area contributed by atoms with E-state index in [2.05, 4.69) is 10.1 Å². The molecule has 2 rings (SSSR count). The fourth-order valence-electron chi connectivity index (χ4n) is 2.40. The summed E-state index contributed by atoms with van der Waals surface area (Å²) in [4.78, 5) is 0. The van der Waals surface area contributed by atoms with Gasteiger partial charge in [0, 0.05) is 12.6 Å². The van der Waals surface area contributed by atoms with Crippen molar-refractivity contribution in [1.82, 2.24) is 5.32 Å². The van der Waals surface area contributed by atoms with Crippen molar-refractivity contribution in [2.75, 3.05) is 6.54 Å². The van der Waals surface area contributed by atoms with Crippen LogP contribution in [0.25, 0.3) is 0 Å². The van der Waals surface area contributed by atoms with Crippen molar-refractivity contribution in [2.45, 2.75) is 44.4 Å². The van der Waals surface area contributed by atoms with Gasteiger partial charge in [-0.1, -0.05) is 25.0 Å². The van der Waals surface area contributed by atoms with Crippen molar-refractivity contribution in [3.8, 4) is 5.75 Å². The molecule has 1 saturated carbocycles. The number of hydrogen-bond acceptors (Lipinski definition) is 3. The van der Waals surface area contributed by atoms with E-state index in [0.29, 0.717) is 18.2 Å².